The zero-order valence-electron chi connectivity index (χ0n) is 12.9. The summed E-state index contributed by atoms with van der Waals surface area (Å²) in [6.45, 7) is 9.72. The standard InChI is InChI=1S/C14H28N2O4/c1-10(2)7-12(13(17)18)8-16-14(19)15-5-6-20-9-11(3)4/h10-12H,5-9H2,1-4H3,(H,17,18)(H2,15,16,19). The molecule has 0 heterocycles. The molecule has 1 atom stereocenters. The smallest absolute Gasteiger partial charge is 0.314 e. The molecule has 2 amide bonds. The van der Waals surface area contributed by atoms with E-state index in [9.17, 15) is 9.59 Å². The molecule has 0 fully saturated rings. The average Bonchev–Trinajstić information content (AvgIpc) is 2.32. The molecule has 0 spiro atoms. The Labute approximate surface area is 121 Å². The van der Waals surface area contributed by atoms with E-state index < -0.39 is 11.9 Å². The van der Waals surface area contributed by atoms with Crippen LogP contribution in [0.15, 0.2) is 0 Å². The molecule has 0 aliphatic rings. The summed E-state index contributed by atoms with van der Waals surface area (Å²) in [6, 6.07) is -0.354. The van der Waals surface area contributed by atoms with E-state index >= 15 is 0 Å². The summed E-state index contributed by atoms with van der Waals surface area (Å²) in [5.74, 6) is -0.668. The van der Waals surface area contributed by atoms with E-state index in [4.69, 9.17) is 9.84 Å². The lowest BCUT2D eigenvalue weighted by Crippen LogP contribution is -2.41. The topological polar surface area (TPSA) is 87.7 Å². The Morgan fingerprint density at radius 3 is 2.25 bits per heavy atom. The van der Waals surface area contributed by atoms with E-state index in [1.807, 2.05) is 13.8 Å². The maximum Gasteiger partial charge on any atom is 0.314 e. The maximum absolute atomic E-state index is 11.5. The maximum atomic E-state index is 11.5. The van der Waals surface area contributed by atoms with Crippen molar-refractivity contribution in [2.75, 3.05) is 26.3 Å². The monoisotopic (exact) mass is 288 g/mol. The fraction of sp³-hybridized carbons (Fsp3) is 0.857. The van der Waals surface area contributed by atoms with E-state index in [2.05, 4.69) is 24.5 Å². The first kappa shape index (κ1) is 18.7. The van der Waals surface area contributed by atoms with E-state index in [-0.39, 0.29) is 18.5 Å². The van der Waals surface area contributed by atoms with Crippen LogP contribution < -0.4 is 10.6 Å². The van der Waals surface area contributed by atoms with Crippen molar-refractivity contribution in [3.8, 4) is 0 Å². The first-order valence-corrected chi connectivity index (χ1v) is 7.15. The summed E-state index contributed by atoms with van der Waals surface area (Å²) in [5, 5.41) is 14.3. The lowest BCUT2D eigenvalue weighted by molar-refractivity contribution is -0.142. The highest BCUT2D eigenvalue weighted by Crippen LogP contribution is 2.10. The minimum Gasteiger partial charge on any atom is -0.481 e. The number of ether oxygens (including phenoxy) is 1. The van der Waals surface area contributed by atoms with Crippen molar-refractivity contribution < 1.29 is 19.4 Å². The Balaban J connectivity index is 3.76. The van der Waals surface area contributed by atoms with Gasteiger partial charge in [0.05, 0.1) is 12.5 Å². The van der Waals surface area contributed by atoms with Crippen LogP contribution in [-0.4, -0.2) is 43.4 Å². The minimum atomic E-state index is -0.876. The number of carboxylic acids is 1. The summed E-state index contributed by atoms with van der Waals surface area (Å²) in [7, 11) is 0. The van der Waals surface area contributed by atoms with E-state index in [0.717, 1.165) is 0 Å². The van der Waals surface area contributed by atoms with Crippen molar-refractivity contribution in [1.82, 2.24) is 10.6 Å². The van der Waals surface area contributed by atoms with E-state index in [1.165, 1.54) is 0 Å². The molecule has 0 rings (SSSR count). The lowest BCUT2D eigenvalue weighted by atomic mass is 9.97. The molecule has 1 unspecified atom stereocenters. The van der Waals surface area contributed by atoms with Gasteiger partial charge in [0.15, 0.2) is 0 Å². The third-order valence-corrected chi connectivity index (χ3v) is 2.60. The number of carboxylic acid groups (broad SMARTS) is 1. The molecule has 3 N–H and O–H groups in total. The van der Waals surface area contributed by atoms with Crippen LogP contribution in [-0.2, 0) is 9.53 Å². The molecule has 118 valence electrons. The quantitative estimate of drug-likeness (QED) is 0.534. The van der Waals surface area contributed by atoms with Gasteiger partial charge >= 0.3 is 12.0 Å². The number of aliphatic carboxylic acids is 1. The van der Waals surface area contributed by atoms with E-state index in [0.29, 0.717) is 32.1 Å². The van der Waals surface area contributed by atoms with Gasteiger partial charge in [-0.05, 0) is 18.3 Å². The van der Waals surface area contributed by atoms with Crippen molar-refractivity contribution in [2.24, 2.45) is 17.8 Å². The van der Waals surface area contributed by atoms with Gasteiger partial charge in [0.2, 0.25) is 0 Å². The second kappa shape index (κ2) is 10.5. The molecule has 0 aliphatic heterocycles. The molecular weight excluding hydrogens is 260 g/mol. The number of rotatable bonds is 10. The Bertz CT molecular complexity index is 293. The van der Waals surface area contributed by atoms with Gasteiger partial charge in [-0.3, -0.25) is 4.79 Å². The third kappa shape index (κ3) is 10.6. The number of hydrogen-bond donors (Lipinski definition) is 3. The summed E-state index contributed by atoms with van der Waals surface area (Å²) in [6.07, 6.45) is 0.549. The predicted molar refractivity (Wildman–Crippen MR) is 77.6 cm³/mol. The van der Waals surface area contributed by atoms with Gasteiger partial charge in [0.25, 0.3) is 0 Å². The molecule has 0 aromatic rings. The normalized spacial score (nSPS) is 12.5. The summed E-state index contributed by atoms with van der Waals surface area (Å²) < 4.78 is 5.33. The fourth-order valence-electron chi connectivity index (χ4n) is 1.67. The van der Waals surface area contributed by atoms with Crippen LogP contribution >= 0.6 is 0 Å². The second-order valence-electron chi connectivity index (χ2n) is 5.77. The molecule has 0 aliphatic carbocycles. The molecular formula is C14H28N2O4. The summed E-state index contributed by atoms with van der Waals surface area (Å²) >= 11 is 0. The van der Waals surface area contributed by atoms with Gasteiger partial charge in [-0.2, -0.15) is 0 Å². The second-order valence-corrected chi connectivity index (χ2v) is 5.77. The van der Waals surface area contributed by atoms with Crippen LogP contribution in [0.2, 0.25) is 0 Å². The van der Waals surface area contributed by atoms with E-state index in [1.54, 1.807) is 0 Å². The molecule has 20 heavy (non-hydrogen) atoms. The van der Waals surface area contributed by atoms with Gasteiger partial charge in [-0.1, -0.05) is 27.7 Å². The lowest BCUT2D eigenvalue weighted by Gasteiger charge is -2.15. The third-order valence-electron chi connectivity index (χ3n) is 2.60. The number of nitrogens with one attached hydrogen (secondary N) is 2. The van der Waals surface area contributed by atoms with Crippen molar-refractivity contribution in [2.45, 2.75) is 34.1 Å². The molecule has 0 radical (unpaired) electrons. The fourth-order valence-corrected chi connectivity index (χ4v) is 1.67. The van der Waals surface area contributed by atoms with Crippen LogP contribution in [0.1, 0.15) is 34.1 Å². The molecule has 0 saturated heterocycles. The molecule has 0 aromatic carbocycles. The molecule has 0 bridgehead atoms. The first-order chi connectivity index (χ1) is 9.32. The largest absolute Gasteiger partial charge is 0.481 e. The van der Waals surface area contributed by atoms with Crippen LogP contribution in [0.3, 0.4) is 0 Å². The molecule has 0 saturated carbocycles. The zero-order valence-corrected chi connectivity index (χ0v) is 12.9. The molecule has 6 heteroatoms. The SMILES string of the molecule is CC(C)COCCNC(=O)NCC(CC(C)C)C(=O)O. The number of amides is 2. The number of carbonyl (C=O) groups excluding carboxylic acids is 1. The van der Waals surface area contributed by atoms with Crippen molar-refractivity contribution in [3.63, 3.8) is 0 Å². The van der Waals surface area contributed by atoms with Crippen molar-refractivity contribution in [1.29, 1.82) is 0 Å². The van der Waals surface area contributed by atoms with Gasteiger partial charge in [0, 0.05) is 19.7 Å². The zero-order chi connectivity index (χ0) is 15.5. The van der Waals surface area contributed by atoms with Crippen molar-refractivity contribution >= 4 is 12.0 Å². The first-order valence-electron chi connectivity index (χ1n) is 7.15. The summed E-state index contributed by atoms with van der Waals surface area (Å²) in [4.78, 5) is 22.5. The van der Waals surface area contributed by atoms with Crippen LogP contribution in [0.25, 0.3) is 0 Å². The Morgan fingerprint density at radius 2 is 1.75 bits per heavy atom. The van der Waals surface area contributed by atoms with Gasteiger partial charge in [-0.25, -0.2) is 4.79 Å². The Hall–Kier alpha value is -1.30. The minimum absolute atomic E-state index is 0.145. The predicted octanol–water partition coefficient (Wildman–Crippen LogP) is 1.71. The number of hydrogen-bond acceptors (Lipinski definition) is 3. The van der Waals surface area contributed by atoms with Crippen LogP contribution in [0, 0.1) is 17.8 Å². The highest BCUT2D eigenvalue weighted by molar-refractivity contribution is 5.75. The Kier molecular flexibility index (Phi) is 9.80. The Morgan fingerprint density at radius 1 is 1.10 bits per heavy atom. The van der Waals surface area contributed by atoms with Gasteiger partial charge < -0.3 is 20.5 Å². The van der Waals surface area contributed by atoms with Crippen LogP contribution in [0.5, 0.6) is 0 Å². The number of carbonyl (C=O) groups is 2. The summed E-state index contributed by atoms with van der Waals surface area (Å²) in [5.41, 5.74) is 0. The molecule has 0 aromatic heterocycles. The number of urea groups is 1. The van der Waals surface area contributed by atoms with Gasteiger partial charge in [-0.15, -0.1) is 0 Å². The van der Waals surface area contributed by atoms with Gasteiger partial charge in [0.1, 0.15) is 0 Å². The van der Waals surface area contributed by atoms with Crippen molar-refractivity contribution in [3.05, 3.63) is 0 Å². The average molecular weight is 288 g/mol. The van der Waals surface area contributed by atoms with Crippen LogP contribution in [0.4, 0.5) is 4.79 Å². The highest BCUT2D eigenvalue weighted by atomic mass is 16.5. The molecule has 6 nitrogen and oxygen atoms in total. The highest BCUT2D eigenvalue weighted by Gasteiger charge is 2.19.